The monoisotopic (exact) mass is 251 g/mol. The van der Waals surface area contributed by atoms with E-state index in [-0.39, 0.29) is 0 Å². The topological polar surface area (TPSA) is 12.0 Å². The van der Waals surface area contributed by atoms with Crippen molar-refractivity contribution >= 4 is 0 Å². The van der Waals surface area contributed by atoms with Gasteiger partial charge in [0.15, 0.2) is 0 Å². The van der Waals surface area contributed by atoms with Gasteiger partial charge in [0.05, 0.1) is 0 Å². The van der Waals surface area contributed by atoms with E-state index in [1.165, 1.54) is 64.2 Å². The summed E-state index contributed by atoms with van der Waals surface area (Å²) in [5.74, 6) is 3.17. The first-order chi connectivity index (χ1) is 8.85. The van der Waals surface area contributed by atoms with Crippen LogP contribution >= 0.6 is 0 Å². The molecule has 1 N–H and O–H groups in total. The second-order valence-electron chi connectivity index (χ2n) is 6.68. The van der Waals surface area contributed by atoms with Crippen molar-refractivity contribution in [1.82, 2.24) is 5.32 Å². The van der Waals surface area contributed by atoms with Crippen molar-refractivity contribution in [3.63, 3.8) is 0 Å². The minimum Gasteiger partial charge on any atom is -0.314 e. The van der Waals surface area contributed by atoms with Crippen LogP contribution in [0.3, 0.4) is 0 Å². The van der Waals surface area contributed by atoms with Crippen molar-refractivity contribution in [1.29, 1.82) is 0 Å². The van der Waals surface area contributed by atoms with Gasteiger partial charge in [-0.25, -0.2) is 0 Å². The summed E-state index contributed by atoms with van der Waals surface area (Å²) in [7, 11) is 0. The predicted octanol–water partition coefficient (Wildman–Crippen LogP) is 4.76. The molecule has 1 heteroatoms. The standard InChI is InChI=1S/C17H33N/c1-3-5-10-17(18-4-2)16-12-11-14-8-6-7-9-15(14)13-16/h14-18H,3-13H2,1-2H3. The summed E-state index contributed by atoms with van der Waals surface area (Å²) in [6.07, 6.45) is 14.8. The summed E-state index contributed by atoms with van der Waals surface area (Å²) in [5.41, 5.74) is 0. The second-order valence-corrected chi connectivity index (χ2v) is 6.68. The normalized spacial score (nSPS) is 34.0. The third-order valence-corrected chi connectivity index (χ3v) is 5.48. The van der Waals surface area contributed by atoms with Gasteiger partial charge < -0.3 is 5.32 Å². The first kappa shape index (κ1) is 14.4. The highest BCUT2D eigenvalue weighted by atomic mass is 14.9. The lowest BCUT2D eigenvalue weighted by Crippen LogP contribution is -2.41. The Balaban J connectivity index is 1.86. The molecule has 0 spiro atoms. The molecule has 0 aromatic heterocycles. The van der Waals surface area contributed by atoms with E-state index in [1.54, 1.807) is 0 Å². The molecule has 2 aliphatic carbocycles. The minimum atomic E-state index is 0.817. The van der Waals surface area contributed by atoms with E-state index in [2.05, 4.69) is 19.2 Å². The third kappa shape index (κ3) is 3.73. The molecule has 0 saturated heterocycles. The average molecular weight is 251 g/mol. The molecule has 0 aliphatic heterocycles. The summed E-state index contributed by atoms with van der Waals surface area (Å²) in [6, 6.07) is 0.817. The van der Waals surface area contributed by atoms with Crippen LogP contribution in [0.25, 0.3) is 0 Å². The Morgan fingerprint density at radius 2 is 1.78 bits per heavy atom. The Kier molecular flexibility index (Phi) is 6.01. The molecule has 0 bridgehead atoms. The molecule has 0 amide bonds. The van der Waals surface area contributed by atoms with E-state index >= 15 is 0 Å². The number of rotatable bonds is 6. The number of hydrogen-bond acceptors (Lipinski definition) is 1. The lowest BCUT2D eigenvalue weighted by molar-refractivity contribution is 0.107. The molecular weight excluding hydrogens is 218 g/mol. The fourth-order valence-electron chi connectivity index (χ4n) is 4.47. The van der Waals surface area contributed by atoms with Gasteiger partial charge in [0, 0.05) is 6.04 Å². The van der Waals surface area contributed by atoms with E-state index in [0.29, 0.717) is 0 Å². The summed E-state index contributed by atoms with van der Waals surface area (Å²) in [5, 5.41) is 3.78. The summed E-state index contributed by atoms with van der Waals surface area (Å²) in [6.45, 7) is 5.74. The van der Waals surface area contributed by atoms with Gasteiger partial charge in [-0.3, -0.25) is 0 Å². The maximum atomic E-state index is 3.78. The molecule has 2 saturated carbocycles. The summed E-state index contributed by atoms with van der Waals surface area (Å²) >= 11 is 0. The van der Waals surface area contributed by atoms with Crippen LogP contribution in [0.15, 0.2) is 0 Å². The minimum absolute atomic E-state index is 0.817. The van der Waals surface area contributed by atoms with Gasteiger partial charge >= 0.3 is 0 Å². The van der Waals surface area contributed by atoms with E-state index in [4.69, 9.17) is 0 Å². The summed E-state index contributed by atoms with van der Waals surface area (Å²) < 4.78 is 0. The second kappa shape index (κ2) is 7.53. The van der Waals surface area contributed by atoms with Crippen molar-refractivity contribution in [2.75, 3.05) is 6.54 Å². The highest BCUT2D eigenvalue weighted by Crippen LogP contribution is 2.44. The van der Waals surface area contributed by atoms with Crippen LogP contribution in [0.5, 0.6) is 0 Å². The number of unbranched alkanes of at least 4 members (excludes halogenated alkanes) is 1. The quantitative estimate of drug-likeness (QED) is 0.717. The lowest BCUT2D eigenvalue weighted by atomic mass is 9.65. The molecule has 106 valence electrons. The lowest BCUT2D eigenvalue weighted by Gasteiger charge is -2.42. The highest BCUT2D eigenvalue weighted by Gasteiger charge is 2.34. The molecule has 2 rings (SSSR count). The fourth-order valence-corrected chi connectivity index (χ4v) is 4.47. The number of fused-ring (bicyclic) bond motifs is 1. The Labute approximate surface area is 114 Å². The first-order valence-corrected chi connectivity index (χ1v) is 8.58. The van der Waals surface area contributed by atoms with Crippen molar-refractivity contribution in [2.45, 2.75) is 84.1 Å². The van der Waals surface area contributed by atoms with Gasteiger partial charge in [-0.2, -0.15) is 0 Å². The molecular formula is C17H33N. The van der Waals surface area contributed by atoms with Crippen LogP contribution in [0.1, 0.15) is 78.1 Å². The van der Waals surface area contributed by atoms with Crippen LogP contribution < -0.4 is 5.32 Å². The van der Waals surface area contributed by atoms with Gasteiger partial charge in [0.2, 0.25) is 0 Å². The molecule has 0 radical (unpaired) electrons. The molecule has 4 atom stereocenters. The third-order valence-electron chi connectivity index (χ3n) is 5.48. The van der Waals surface area contributed by atoms with Crippen molar-refractivity contribution in [3.05, 3.63) is 0 Å². The Morgan fingerprint density at radius 3 is 2.50 bits per heavy atom. The van der Waals surface area contributed by atoms with Crippen LogP contribution in [0, 0.1) is 17.8 Å². The zero-order valence-electron chi connectivity index (χ0n) is 12.6. The van der Waals surface area contributed by atoms with Crippen molar-refractivity contribution in [3.8, 4) is 0 Å². The van der Waals surface area contributed by atoms with Crippen LogP contribution in [-0.2, 0) is 0 Å². The number of nitrogens with one attached hydrogen (secondary N) is 1. The number of hydrogen-bond donors (Lipinski definition) is 1. The smallest absolute Gasteiger partial charge is 0.00953 e. The van der Waals surface area contributed by atoms with E-state index < -0.39 is 0 Å². The van der Waals surface area contributed by atoms with Crippen molar-refractivity contribution < 1.29 is 0 Å². The van der Waals surface area contributed by atoms with E-state index in [1.807, 2.05) is 0 Å². The molecule has 1 nitrogen and oxygen atoms in total. The zero-order chi connectivity index (χ0) is 12.8. The molecule has 0 heterocycles. The maximum absolute atomic E-state index is 3.78. The summed E-state index contributed by atoms with van der Waals surface area (Å²) in [4.78, 5) is 0. The Morgan fingerprint density at radius 1 is 1.00 bits per heavy atom. The molecule has 2 fully saturated rings. The average Bonchev–Trinajstić information content (AvgIpc) is 2.43. The van der Waals surface area contributed by atoms with Crippen molar-refractivity contribution in [2.24, 2.45) is 17.8 Å². The largest absolute Gasteiger partial charge is 0.314 e. The van der Waals surface area contributed by atoms with E-state index in [9.17, 15) is 0 Å². The van der Waals surface area contributed by atoms with Gasteiger partial charge in [-0.1, -0.05) is 52.4 Å². The van der Waals surface area contributed by atoms with Gasteiger partial charge in [0.25, 0.3) is 0 Å². The highest BCUT2D eigenvalue weighted by molar-refractivity contribution is 4.88. The maximum Gasteiger partial charge on any atom is 0.00953 e. The van der Waals surface area contributed by atoms with Crippen LogP contribution in [-0.4, -0.2) is 12.6 Å². The SMILES string of the molecule is CCCCC(NCC)C1CCC2CCCCC2C1. The first-order valence-electron chi connectivity index (χ1n) is 8.58. The molecule has 18 heavy (non-hydrogen) atoms. The predicted molar refractivity (Wildman–Crippen MR) is 79.8 cm³/mol. The molecule has 0 aromatic carbocycles. The van der Waals surface area contributed by atoms with E-state index in [0.717, 1.165) is 30.3 Å². The van der Waals surface area contributed by atoms with Gasteiger partial charge in [0.1, 0.15) is 0 Å². The molecule has 4 unspecified atom stereocenters. The van der Waals surface area contributed by atoms with Gasteiger partial charge in [-0.15, -0.1) is 0 Å². The zero-order valence-corrected chi connectivity index (χ0v) is 12.6. The molecule has 0 aromatic rings. The fraction of sp³-hybridized carbons (Fsp3) is 1.00. The Bertz CT molecular complexity index is 226. The Hall–Kier alpha value is -0.0400. The van der Waals surface area contributed by atoms with Crippen LogP contribution in [0.4, 0.5) is 0 Å². The molecule has 2 aliphatic rings. The van der Waals surface area contributed by atoms with Crippen LogP contribution in [0.2, 0.25) is 0 Å². The van der Waals surface area contributed by atoms with Gasteiger partial charge in [-0.05, 0) is 50.0 Å².